The molecule has 4 aromatic rings. The number of hydrogen-bond acceptors (Lipinski definition) is 3. The molecule has 0 aliphatic rings. The molecule has 0 aliphatic heterocycles. The molecule has 0 unspecified atom stereocenters. The van der Waals surface area contributed by atoms with E-state index in [4.69, 9.17) is 0 Å². The Morgan fingerprint density at radius 1 is 0.912 bits per heavy atom. The van der Waals surface area contributed by atoms with Gasteiger partial charge in [-0.25, -0.2) is 4.39 Å². The minimum atomic E-state index is -1.13. The molecule has 3 N–H and O–H groups in total. The van der Waals surface area contributed by atoms with Gasteiger partial charge < -0.3 is 15.4 Å². The summed E-state index contributed by atoms with van der Waals surface area (Å²) in [4.78, 5) is 39.2. The maximum Gasteiger partial charge on any atom is 0.309 e. The maximum atomic E-state index is 13.4. The van der Waals surface area contributed by atoms with Crippen LogP contribution in [0.2, 0.25) is 0 Å². The molecule has 4 rings (SSSR count). The zero-order valence-electron chi connectivity index (χ0n) is 18.7. The predicted molar refractivity (Wildman–Crippen MR) is 128 cm³/mol. The molecule has 0 saturated carbocycles. The first-order valence-electron chi connectivity index (χ1n) is 10.7. The van der Waals surface area contributed by atoms with Crippen molar-refractivity contribution in [2.45, 2.75) is 20.3 Å². The number of aromatic amines is 1. The number of carbonyl (C=O) groups excluding carboxylic acids is 2. The van der Waals surface area contributed by atoms with E-state index in [1.54, 1.807) is 48.5 Å². The predicted octanol–water partition coefficient (Wildman–Crippen LogP) is 5.91. The Morgan fingerprint density at radius 2 is 1.53 bits per heavy atom. The number of nitrogens with one attached hydrogen (secondary N) is 2. The number of fused-ring (bicyclic) bond motifs is 1. The second-order valence-corrected chi connectivity index (χ2v) is 8.81. The van der Waals surface area contributed by atoms with Crippen molar-refractivity contribution in [3.8, 4) is 11.1 Å². The van der Waals surface area contributed by atoms with E-state index in [0.29, 0.717) is 27.8 Å². The molecular formula is C27H23FN2O4. The number of H-pyrrole nitrogens is 1. The smallest absolute Gasteiger partial charge is 0.309 e. The van der Waals surface area contributed by atoms with Crippen molar-refractivity contribution < 1.29 is 23.9 Å². The van der Waals surface area contributed by atoms with E-state index in [1.165, 1.54) is 26.0 Å². The Morgan fingerprint density at radius 3 is 2.15 bits per heavy atom. The standard InChI is InChI=1S/C27H23FN2O4/c1-27(2,26(33)34)15-24(31)18-5-3-16(4-6-18)17-7-10-21(11-8-17)29-25(32)23-14-19-13-20(28)9-12-22(19)30-23/h3-14,30H,15H2,1-2H3,(H,29,32)(H,33,34). The van der Waals surface area contributed by atoms with Gasteiger partial charge in [0.15, 0.2) is 5.78 Å². The zero-order valence-corrected chi connectivity index (χ0v) is 18.7. The second kappa shape index (κ2) is 8.94. The summed E-state index contributed by atoms with van der Waals surface area (Å²) in [6.45, 7) is 3.06. The number of rotatable bonds is 7. The molecule has 0 radical (unpaired) electrons. The van der Waals surface area contributed by atoms with Crippen LogP contribution in [0.5, 0.6) is 0 Å². The minimum Gasteiger partial charge on any atom is -0.481 e. The van der Waals surface area contributed by atoms with Crippen LogP contribution in [0.4, 0.5) is 10.1 Å². The van der Waals surface area contributed by atoms with Gasteiger partial charge >= 0.3 is 5.97 Å². The Bertz CT molecular complexity index is 1390. The first kappa shape index (κ1) is 22.9. The first-order valence-corrected chi connectivity index (χ1v) is 10.7. The maximum absolute atomic E-state index is 13.4. The lowest BCUT2D eigenvalue weighted by atomic mass is 9.85. The number of Topliss-reactive ketones (excluding diaryl/α,β-unsaturated/α-hetero) is 1. The summed E-state index contributed by atoms with van der Waals surface area (Å²) in [5, 5.41) is 12.7. The van der Waals surface area contributed by atoms with Gasteiger partial charge in [0, 0.05) is 28.6 Å². The van der Waals surface area contributed by atoms with Crippen molar-refractivity contribution in [2.24, 2.45) is 5.41 Å². The molecule has 172 valence electrons. The number of anilines is 1. The Kier molecular flexibility index (Phi) is 6.03. The van der Waals surface area contributed by atoms with Crippen LogP contribution in [-0.4, -0.2) is 27.8 Å². The van der Waals surface area contributed by atoms with Crippen molar-refractivity contribution in [1.29, 1.82) is 0 Å². The van der Waals surface area contributed by atoms with Crippen LogP contribution in [0.1, 0.15) is 41.1 Å². The van der Waals surface area contributed by atoms with Crippen LogP contribution in [-0.2, 0) is 4.79 Å². The molecule has 1 amide bonds. The van der Waals surface area contributed by atoms with Gasteiger partial charge in [-0.1, -0.05) is 36.4 Å². The van der Waals surface area contributed by atoms with E-state index in [0.717, 1.165) is 11.1 Å². The Labute approximate surface area is 195 Å². The van der Waals surface area contributed by atoms with Gasteiger partial charge in [-0.05, 0) is 61.4 Å². The molecule has 0 bridgehead atoms. The quantitative estimate of drug-likeness (QED) is 0.300. The van der Waals surface area contributed by atoms with Crippen LogP contribution in [0, 0.1) is 11.2 Å². The summed E-state index contributed by atoms with van der Waals surface area (Å²) in [5.74, 6) is -1.94. The third-order valence-corrected chi connectivity index (χ3v) is 5.69. The normalized spacial score (nSPS) is 11.4. The summed E-state index contributed by atoms with van der Waals surface area (Å²) in [6, 6.07) is 20.1. The molecule has 1 aromatic heterocycles. The number of aromatic nitrogens is 1. The highest BCUT2D eigenvalue weighted by atomic mass is 19.1. The van der Waals surface area contributed by atoms with Gasteiger partial charge in [0.2, 0.25) is 0 Å². The minimum absolute atomic E-state index is 0.0820. The van der Waals surface area contributed by atoms with E-state index >= 15 is 0 Å². The van der Waals surface area contributed by atoms with Crippen molar-refractivity contribution in [3.05, 3.63) is 89.9 Å². The van der Waals surface area contributed by atoms with Crippen molar-refractivity contribution in [1.82, 2.24) is 4.98 Å². The first-order chi connectivity index (χ1) is 16.1. The second-order valence-electron chi connectivity index (χ2n) is 8.81. The average Bonchev–Trinajstić information content (AvgIpc) is 3.23. The highest BCUT2D eigenvalue weighted by Gasteiger charge is 2.30. The Balaban J connectivity index is 1.43. The highest BCUT2D eigenvalue weighted by molar-refractivity contribution is 6.06. The van der Waals surface area contributed by atoms with E-state index < -0.39 is 11.4 Å². The molecule has 6 nitrogen and oxygen atoms in total. The monoisotopic (exact) mass is 458 g/mol. The lowest BCUT2D eigenvalue weighted by Crippen LogP contribution is -2.26. The van der Waals surface area contributed by atoms with Crippen LogP contribution < -0.4 is 5.32 Å². The summed E-state index contributed by atoms with van der Waals surface area (Å²) < 4.78 is 13.4. The molecule has 7 heteroatoms. The largest absolute Gasteiger partial charge is 0.481 e. The number of ketones is 1. The molecule has 0 aliphatic carbocycles. The van der Waals surface area contributed by atoms with E-state index in [1.807, 2.05) is 12.1 Å². The van der Waals surface area contributed by atoms with Crippen LogP contribution in [0.15, 0.2) is 72.8 Å². The fraction of sp³-hybridized carbons (Fsp3) is 0.148. The van der Waals surface area contributed by atoms with Gasteiger partial charge in [0.1, 0.15) is 11.5 Å². The van der Waals surface area contributed by atoms with Crippen molar-refractivity contribution >= 4 is 34.3 Å². The lowest BCUT2D eigenvalue weighted by molar-refractivity contribution is -0.146. The van der Waals surface area contributed by atoms with Crippen molar-refractivity contribution in [2.75, 3.05) is 5.32 Å². The number of carboxylic acids is 1. The fourth-order valence-electron chi connectivity index (χ4n) is 3.60. The van der Waals surface area contributed by atoms with Crippen molar-refractivity contribution in [3.63, 3.8) is 0 Å². The molecule has 0 atom stereocenters. The molecule has 1 heterocycles. The van der Waals surface area contributed by atoms with Crippen LogP contribution in [0.25, 0.3) is 22.0 Å². The fourth-order valence-corrected chi connectivity index (χ4v) is 3.60. The summed E-state index contributed by atoms with van der Waals surface area (Å²) in [6.07, 6.45) is -0.0820. The lowest BCUT2D eigenvalue weighted by Gasteiger charge is -2.17. The number of hydrogen-bond donors (Lipinski definition) is 3. The third kappa shape index (κ3) is 4.88. The molecule has 3 aromatic carbocycles. The highest BCUT2D eigenvalue weighted by Crippen LogP contribution is 2.26. The van der Waals surface area contributed by atoms with Gasteiger partial charge in [-0.3, -0.25) is 14.4 Å². The van der Waals surface area contributed by atoms with Crippen LogP contribution >= 0.6 is 0 Å². The number of halogens is 1. The molecule has 0 fully saturated rings. The summed E-state index contributed by atoms with van der Waals surface area (Å²) >= 11 is 0. The molecule has 0 saturated heterocycles. The SMILES string of the molecule is CC(C)(CC(=O)c1ccc(-c2ccc(NC(=O)c3cc4cc(F)ccc4[nH]3)cc2)cc1)C(=O)O. The molecule has 0 spiro atoms. The van der Waals surface area contributed by atoms with Crippen LogP contribution in [0.3, 0.4) is 0 Å². The van der Waals surface area contributed by atoms with Gasteiger partial charge in [-0.15, -0.1) is 0 Å². The topological polar surface area (TPSA) is 99.3 Å². The Hall–Kier alpha value is -4.26. The third-order valence-electron chi connectivity index (χ3n) is 5.69. The molecular weight excluding hydrogens is 435 g/mol. The number of carboxylic acid groups (broad SMARTS) is 1. The molecule has 34 heavy (non-hydrogen) atoms. The van der Waals surface area contributed by atoms with E-state index in [-0.39, 0.29) is 23.9 Å². The van der Waals surface area contributed by atoms with E-state index in [9.17, 15) is 23.9 Å². The number of benzene rings is 3. The van der Waals surface area contributed by atoms with E-state index in [2.05, 4.69) is 10.3 Å². The van der Waals surface area contributed by atoms with Gasteiger partial charge in [-0.2, -0.15) is 0 Å². The van der Waals surface area contributed by atoms with Gasteiger partial charge in [0.05, 0.1) is 5.41 Å². The number of carbonyl (C=O) groups is 3. The summed E-state index contributed by atoms with van der Waals surface area (Å²) in [7, 11) is 0. The average molecular weight is 458 g/mol. The van der Waals surface area contributed by atoms with Gasteiger partial charge in [0.25, 0.3) is 5.91 Å². The number of amides is 1. The summed E-state index contributed by atoms with van der Waals surface area (Å²) in [5.41, 5.74) is 2.71. The zero-order chi connectivity index (χ0) is 24.5. The number of aliphatic carboxylic acids is 1.